The van der Waals surface area contributed by atoms with E-state index in [4.69, 9.17) is 0 Å². The van der Waals surface area contributed by atoms with E-state index in [2.05, 4.69) is 28.0 Å². The van der Waals surface area contributed by atoms with Crippen LogP contribution in [-0.2, 0) is 13.1 Å². The minimum Gasteiger partial charge on any atom is -0.330 e. The van der Waals surface area contributed by atoms with Crippen LogP contribution in [-0.4, -0.2) is 18.8 Å². The fourth-order valence-electron chi connectivity index (χ4n) is 3.20. The molecule has 0 fully saturated rings. The summed E-state index contributed by atoms with van der Waals surface area (Å²) < 4.78 is 16.3. The molecule has 0 N–H and O–H groups in total. The maximum absolute atomic E-state index is 14.6. The topological polar surface area (TPSA) is 38.1 Å². The molecule has 1 aliphatic rings. The first kappa shape index (κ1) is 16.3. The van der Waals surface area contributed by atoms with Crippen molar-refractivity contribution in [3.05, 3.63) is 76.9 Å². The number of rotatable bonds is 3. The molecule has 6 heteroatoms. The Balaban J connectivity index is 1.59. The number of hydrogen-bond donors (Lipinski definition) is 0. The number of nitrogens with zero attached hydrogens (tertiary/aromatic N) is 3. The van der Waals surface area contributed by atoms with Crippen molar-refractivity contribution < 1.29 is 9.18 Å². The summed E-state index contributed by atoms with van der Waals surface area (Å²) in [5.41, 5.74) is 4.78. The van der Waals surface area contributed by atoms with E-state index in [1.807, 2.05) is 43.5 Å². The standard InChI is InChI=1S/C19H15FIN3O/c1-12-17(11-24(21)22-12)13-6-7-15(18(20)8-13)10-23-9-14-4-2-3-5-16(14)19(23)25/h2-8,11H,9-10H2,1H3. The summed E-state index contributed by atoms with van der Waals surface area (Å²) in [5, 5.41) is 4.28. The highest BCUT2D eigenvalue weighted by Gasteiger charge is 2.27. The molecule has 0 spiro atoms. The predicted octanol–water partition coefficient (Wildman–Crippen LogP) is 4.35. The average molecular weight is 447 g/mol. The SMILES string of the molecule is Cc1nn(I)cc1-c1ccc(CN2Cc3ccccc3C2=O)c(F)c1. The van der Waals surface area contributed by atoms with Gasteiger partial charge in [0.25, 0.3) is 5.91 Å². The summed E-state index contributed by atoms with van der Waals surface area (Å²) in [6.45, 7) is 2.69. The molecule has 25 heavy (non-hydrogen) atoms. The van der Waals surface area contributed by atoms with Gasteiger partial charge in [0.05, 0.1) is 28.6 Å². The molecule has 0 saturated carbocycles. The molecule has 0 atom stereocenters. The summed E-state index contributed by atoms with van der Waals surface area (Å²) in [5.74, 6) is -0.344. The predicted molar refractivity (Wildman–Crippen MR) is 102 cm³/mol. The average Bonchev–Trinajstić information content (AvgIpc) is 3.09. The Morgan fingerprint density at radius 3 is 2.68 bits per heavy atom. The molecule has 1 aliphatic heterocycles. The van der Waals surface area contributed by atoms with Gasteiger partial charge in [0.1, 0.15) is 5.82 Å². The lowest BCUT2D eigenvalue weighted by molar-refractivity contribution is 0.0765. The zero-order valence-corrected chi connectivity index (χ0v) is 15.7. The Labute approximate surface area is 158 Å². The van der Waals surface area contributed by atoms with Crippen LogP contribution < -0.4 is 0 Å². The van der Waals surface area contributed by atoms with E-state index >= 15 is 0 Å². The highest BCUT2D eigenvalue weighted by Crippen LogP contribution is 2.28. The molecule has 1 amide bonds. The van der Waals surface area contributed by atoms with Crippen LogP contribution in [0.5, 0.6) is 0 Å². The molecule has 0 bridgehead atoms. The third-order valence-electron chi connectivity index (χ3n) is 4.49. The van der Waals surface area contributed by atoms with Crippen LogP contribution >= 0.6 is 22.9 Å². The van der Waals surface area contributed by atoms with Gasteiger partial charge in [0.2, 0.25) is 0 Å². The van der Waals surface area contributed by atoms with Crippen molar-refractivity contribution >= 4 is 28.8 Å². The van der Waals surface area contributed by atoms with Gasteiger partial charge in [-0.2, -0.15) is 5.10 Å². The van der Waals surface area contributed by atoms with Gasteiger partial charge in [-0.25, -0.2) is 7.29 Å². The third kappa shape index (κ3) is 2.95. The molecule has 4 rings (SSSR count). The van der Waals surface area contributed by atoms with Gasteiger partial charge < -0.3 is 4.90 Å². The molecule has 2 aromatic carbocycles. The van der Waals surface area contributed by atoms with Gasteiger partial charge in [0.15, 0.2) is 0 Å². The van der Waals surface area contributed by atoms with Gasteiger partial charge in [-0.1, -0.05) is 30.3 Å². The van der Waals surface area contributed by atoms with Gasteiger partial charge in [0, 0.05) is 36.0 Å². The maximum atomic E-state index is 14.6. The first-order chi connectivity index (χ1) is 12.0. The Bertz CT molecular complexity index is 983. The lowest BCUT2D eigenvalue weighted by atomic mass is 10.0. The zero-order chi connectivity index (χ0) is 17.6. The van der Waals surface area contributed by atoms with Crippen molar-refractivity contribution in [2.24, 2.45) is 0 Å². The van der Waals surface area contributed by atoms with Crippen molar-refractivity contribution in [3.63, 3.8) is 0 Å². The zero-order valence-electron chi connectivity index (χ0n) is 13.5. The fourth-order valence-corrected chi connectivity index (χ4v) is 3.80. The Morgan fingerprint density at radius 2 is 2.00 bits per heavy atom. The summed E-state index contributed by atoms with van der Waals surface area (Å²) in [4.78, 5) is 14.1. The van der Waals surface area contributed by atoms with Crippen LogP contribution in [0.4, 0.5) is 4.39 Å². The van der Waals surface area contributed by atoms with Crippen LogP contribution in [0.25, 0.3) is 11.1 Å². The van der Waals surface area contributed by atoms with Gasteiger partial charge >= 0.3 is 0 Å². The lowest BCUT2D eigenvalue weighted by Crippen LogP contribution is -2.23. The van der Waals surface area contributed by atoms with Gasteiger partial charge in [-0.15, -0.1) is 0 Å². The van der Waals surface area contributed by atoms with Crippen molar-refractivity contribution in [1.29, 1.82) is 0 Å². The van der Waals surface area contributed by atoms with E-state index in [0.29, 0.717) is 17.7 Å². The fraction of sp³-hybridized carbons (Fsp3) is 0.158. The number of hydrogen-bond acceptors (Lipinski definition) is 2. The second-order valence-corrected chi connectivity index (χ2v) is 7.13. The van der Waals surface area contributed by atoms with E-state index < -0.39 is 0 Å². The molecule has 4 nitrogen and oxygen atoms in total. The largest absolute Gasteiger partial charge is 0.330 e. The minimum absolute atomic E-state index is 0.0406. The van der Waals surface area contributed by atoms with Crippen molar-refractivity contribution in [2.45, 2.75) is 20.0 Å². The van der Waals surface area contributed by atoms with E-state index in [0.717, 1.165) is 22.4 Å². The number of benzene rings is 2. The number of aryl methyl sites for hydroxylation is 1. The van der Waals surface area contributed by atoms with Crippen LogP contribution in [0.3, 0.4) is 0 Å². The number of fused-ring (bicyclic) bond motifs is 1. The number of aromatic nitrogens is 2. The van der Waals surface area contributed by atoms with E-state index in [-0.39, 0.29) is 18.3 Å². The summed E-state index contributed by atoms with van der Waals surface area (Å²) in [6, 6.07) is 12.7. The Morgan fingerprint density at radius 1 is 1.20 bits per heavy atom. The van der Waals surface area contributed by atoms with Gasteiger partial charge in [-0.3, -0.25) is 4.79 Å². The third-order valence-corrected chi connectivity index (χ3v) is 4.99. The molecule has 3 aromatic rings. The first-order valence-corrected chi connectivity index (χ1v) is 8.88. The minimum atomic E-state index is -0.304. The Kier molecular flexibility index (Phi) is 4.07. The molecular formula is C19H15FIN3O. The van der Waals surface area contributed by atoms with Crippen LogP contribution in [0, 0.1) is 12.7 Å². The number of amides is 1. The van der Waals surface area contributed by atoms with Crippen LogP contribution in [0.1, 0.15) is 27.2 Å². The summed E-state index contributed by atoms with van der Waals surface area (Å²) >= 11 is 2.07. The number of halogens is 2. The Hall–Kier alpha value is -2.22. The van der Waals surface area contributed by atoms with E-state index in [1.54, 1.807) is 13.9 Å². The van der Waals surface area contributed by atoms with Gasteiger partial charge in [-0.05, 0) is 30.2 Å². The lowest BCUT2D eigenvalue weighted by Gasteiger charge is -2.16. The smallest absolute Gasteiger partial charge is 0.254 e. The molecule has 0 aliphatic carbocycles. The molecule has 1 aromatic heterocycles. The highest BCUT2D eigenvalue weighted by atomic mass is 127. The summed E-state index contributed by atoms with van der Waals surface area (Å²) in [7, 11) is 0. The van der Waals surface area contributed by atoms with Crippen molar-refractivity contribution in [1.82, 2.24) is 12.9 Å². The molecule has 0 radical (unpaired) electrons. The number of carbonyl (C=O) groups excluding carboxylic acids is 1. The molecular weight excluding hydrogens is 432 g/mol. The second-order valence-electron chi connectivity index (χ2n) is 6.14. The molecule has 0 unspecified atom stereocenters. The normalized spacial score (nSPS) is 13.4. The first-order valence-electron chi connectivity index (χ1n) is 7.91. The van der Waals surface area contributed by atoms with E-state index in [9.17, 15) is 9.18 Å². The van der Waals surface area contributed by atoms with E-state index in [1.165, 1.54) is 6.07 Å². The van der Waals surface area contributed by atoms with Crippen LogP contribution in [0.2, 0.25) is 0 Å². The second kappa shape index (κ2) is 6.25. The monoisotopic (exact) mass is 447 g/mol. The molecule has 126 valence electrons. The molecule has 2 heterocycles. The maximum Gasteiger partial charge on any atom is 0.254 e. The molecule has 0 saturated heterocycles. The van der Waals surface area contributed by atoms with Crippen LogP contribution in [0.15, 0.2) is 48.7 Å². The number of carbonyl (C=O) groups is 1. The quantitative estimate of drug-likeness (QED) is 0.560. The highest BCUT2D eigenvalue weighted by molar-refractivity contribution is 14.1. The van der Waals surface area contributed by atoms with Crippen molar-refractivity contribution in [3.8, 4) is 11.1 Å². The van der Waals surface area contributed by atoms with Crippen molar-refractivity contribution in [2.75, 3.05) is 0 Å². The summed E-state index contributed by atoms with van der Waals surface area (Å²) in [6.07, 6.45) is 1.87.